The summed E-state index contributed by atoms with van der Waals surface area (Å²) in [5.41, 5.74) is 1.11. The Bertz CT molecular complexity index is 802. The fourth-order valence-corrected chi connectivity index (χ4v) is 4.92. The summed E-state index contributed by atoms with van der Waals surface area (Å²) in [6.07, 6.45) is 1.08. The van der Waals surface area contributed by atoms with Gasteiger partial charge in [-0.05, 0) is 24.8 Å². The summed E-state index contributed by atoms with van der Waals surface area (Å²) < 4.78 is 1.80. The number of rotatable bonds is 5. The van der Waals surface area contributed by atoms with Gasteiger partial charge in [0.1, 0.15) is 4.83 Å². The van der Waals surface area contributed by atoms with Crippen LogP contribution in [-0.4, -0.2) is 15.3 Å². The average Bonchev–Trinajstić information content (AvgIpc) is 3.13. The molecule has 0 aliphatic rings. The first-order valence-corrected chi connectivity index (χ1v) is 9.69. The van der Waals surface area contributed by atoms with Crippen molar-refractivity contribution in [2.24, 2.45) is 0 Å². The van der Waals surface area contributed by atoms with Crippen molar-refractivity contribution in [1.29, 1.82) is 0 Å². The Morgan fingerprint density at radius 3 is 2.86 bits per heavy atom. The molecule has 0 aliphatic heterocycles. The van der Waals surface area contributed by atoms with E-state index in [4.69, 9.17) is 4.98 Å². The quantitative estimate of drug-likeness (QED) is 0.500. The monoisotopic (exact) mass is 336 g/mol. The SMILES string of the molecule is CCCSc1nc2scc(-c3cccs3)c2c(=O)n1CC. The van der Waals surface area contributed by atoms with Gasteiger partial charge in [0.25, 0.3) is 5.56 Å². The Balaban J connectivity index is 2.22. The highest BCUT2D eigenvalue weighted by Gasteiger charge is 2.16. The molecule has 110 valence electrons. The lowest BCUT2D eigenvalue weighted by Crippen LogP contribution is -2.22. The van der Waals surface area contributed by atoms with Crippen LogP contribution in [0.5, 0.6) is 0 Å². The fraction of sp³-hybridized carbons (Fsp3) is 0.333. The van der Waals surface area contributed by atoms with E-state index in [1.807, 2.05) is 18.4 Å². The van der Waals surface area contributed by atoms with E-state index in [0.29, 0.717) is 6.54 Å². The van der Waals surface area contributed by atoms with E-state index in [1.165, 1.54) is 0 Å². The Morgan fingerprint density at radius 2 is 2.19 bits per heavy atom. The summed E-state index contributed by atoms with van der Waals surface area (Å²) in [5, 5.41) is 5.71. The van der Waals surface area contributed by atoms with Crippen LogP contribution < -0.4 is 5.56 Å². The second kappa shape index (κ2) is 6.34. The lowest BCUT2D eigenvalue weighted by atomic mass is 10.2. The summed E-state index contributed by atoms with van der Waals surface area (Å²) in [6.45, 7) is 4.80. The average molecular weight is 337 g/mol. The van der Waals surface area contributed by atoms with Crippen LogP contribution in [-0.2, 0) is 6.54 Å². The lowest BCUT2D eigenvalue weighted by molar-refractivity contribution is 0.635. The number of thiophene rings is 2. The molecule has 3 heterocycles. The molecule has 0 aromatic carbocycles. The Labute approximate surface area is 135 Å². The highest BCUT2D eigenvalue weighted by molar-refractivity contribution is 7.99. The van der Waals surface area contributed by atoms with Crippen molar-refractivity contribution in [3.05, 3.63) is 33.2 Å². The molecule has 3 rings (SSSR count). The maximum Gasteiger partial charge on any atom is 0.263 e. The number of nitrogens with zero attached hydrogens (tertiary/aromatic N) is 2. The zero-order chi connectivity index (χ0) is 14.8. The maximum absolute atomic E-state index is 12.8. The first kappa shape index (κ1) is 14.8. The standard InChI is InChI=1S/C15H16N2OS3/c1-3-7-20-15-16-13-12(14(18)17(15)4-2)10(9-21-13)11-6-5-8-19-11/h5-6,8-9H,3-4,7H2,1-2H3. The number of fused-ring (bicyclic) bond motifs is 1. The van der Waals surface area contributed by atoms with E-state index in [9.17, 15) is 4.79 Å². The normalized spacial score (nSPS) is 11.3. The second-order valence-electron chi connectivity index (χ2n) is 4.60. The summed E-state index contributed by atoms with van der Waals surface area (Å²) >= 11 is 4.89. The molecule has 3 nitrogen and oxygen atoms in total. The predicted molar refractivity (Wildman–Crippen MR) is 93.9 cm³/mol. The molecule has 0 saturated carbocycles. The van der Waals surface area contributed by atoms with E-state index in [2.05, 4.69) is 18.4 Å². The molecule has 3 aromatic heterocycles. The van der Waals surface area contributed by atoms with Gasteiger partial charge in [0, 0.05) is 28.1 Å². The third kappa shape index (κ3) is 2.67. The van der Waals surface area contributed by atoms with Crippen LogP contribution in [0.15, 0.2) is 32.8 Å². The van der Waals surface area contributed by atoms with Crippen LogP contribution in [0, 0.1) is 0 Å². The molecule has 0 N–H and O–H groups in total. The van der Waals surface area contributed by atoms with Gasteiger partial charge in [-0.2, -0.15) is 0 Å². The Kier molecular flexibility index (Phi) is 4.47. The Hall–Kier alpha value is -1.11. The van der Waals surface area contributed by atoms with Crippen LogP contribution in [0.2, 0.25) is 0 Å². The first-order valence-electron chi connectivity index (χ1n) is 6.95. The number of hydrogen-bond donors (Lipinski definition) is 0. The van der Waals surface area contributed by atoms with Crippen molar-refractivity contribution in [2.45, 2.75) is 32.0 Å². The highest BCUT2D eigenvalue weighted by Crippen LogP contribution is 2.34. The van der Waals surface area contributed by atoms with Crippen molar-refractivity contribution in [1.82, 2.24) is 9.55 Å². The van der Waals surface area contributed by atoms with Gasteiger partial charge >= 0.3 is 0 Å². The highest BCUT2D eigenvalue weighted by atomic mass is 32.2. The van der Waals surface area contributed by atoms with Crippen molar-refractivity contribution in [2.75, 3.05) is 5.75 Å². The molecule has 0 spiro atoms. The lowest BCUT2D eigenvalue weighted by Gasteiger charge is -2.09. The van der Waals surface area contributed by atoms with Gasteiger partial charge in [0.2, 0.25) is 0 Å². The van der Waals surface area contributed by atoms with Gasteiger partial charge < -0.3 is 0 Å². The molecule has 0 bridgehead atoms. The molecular weight excluding hydrogens is 320 g/mol. The van der Waals surface area contributed by atoms with Gasteiger partial charge in [0.05, 0.1) is 5.39 Å². The molecule has 0 unspecified atom stereocenters. The minimum atomic E-state index is 0.0887. The van der Waals surface area contributed by atoms with Gasteiger partial charge in [-0.1, -0.05) is 24.8 Å². The van der Waals surface area contributed by atoms with Crippen molar-refractivity contribution in [3.63, 3.8) is 0 Å². The summed E-state index contributed by atoms with van der Waals surface area (Å²) in [7, 11) is 0. The summed E-state index contributed by atoms with van der Waals surface area (Å²) in [5.74, 6) is 0.987. The van der Waals surface area contributed by atoms with Crippen LogP contribution >= 0.6 is 34.4 Å². The molecule has 0 radical (unpaired) electrons. The van der Waals surface area contributed by atoms with Crippen LogP contribution in [0.25, 0.3) is 20.7 Å². The first-order chi connectivity index (χ1) is 10.3. The molecule has 3 aromatic rings. The largest absolute Gasteiger partial charge is 0.287 e. The second-order valence-corrected chi connectivity index (χ2v) is 7.47. The van der Waals surface area contributed by atoms with Gasteiger partial charge in [0.15, 0.2) is 5.16 Å². The number of aromatic nitrogens is 2. The number of thioether (sulfide) groups is 1. The van der Waals surface area contributed by atoms with E-state index in [1.54, 1.807) is 39.0 Å². The van der Waals surface area contributed by atoms with Crippen LogP contribution in [0.1, 0.15) is 20.3 Å². The number of hydrogen-bond acceptors (Lipinski definition) is 5. The van der Waals surface area contributed by atoms with E-state index in [0.717, 1.165) is 38.0 Å². The van der Waals surface area contributed by atoms with Crippen molar-refractivity contribution in [3.8, 4) is 10.4 Å². The van der Waals surface area contributed by atoms with Gasteiger partial charge in [-0.25, -0.2) is 4.98 Å². The molecule has 21 heavy (non-hydrogen) atoms. The van der Waals surface area contributed by atoms with E-state index >= 15 is 0 Å². The third-order valence-corrected chi connectivity index (χ3v) is 6.15. The third-order valence-electron chi connectivity index (χ3n) is 3.20. The van der Waals surface area contributed by atoms with Crippen molar-refractivity contribution >= 4 is 44.7 Å². The fourth-order valence-electron chi connectivity index (χ4n) is 2.20. The van der Waals surface area contributed by atoms with Crippen LogP contribution in [0.4, 0.5) is 0 Å². The predicted octanol–water partition coefficient (Wildman–Crippen LogP) is 4.71. The van der Waals surface area contributed by atoms with Crippen molar-refractivity contribution < 1.29 is 0 Å². The summed E-state index contributed by atoms with van der Waals surface area (Å²) in [4.78, 5) is 19.6. The minimum Gasteiger partial charge on any atom is -0.287 e. The molecule has 0 fully saturated rings. The minimum absolute atomic E-state index is 0.0887. The van der Waals surface area contributed by atoms with E-state index in [-0.39, 0.29) is 5.56 Å². The topological polar surface area (TPSA) is 34.9 Å². The molecular formula is C15H16N2OS3. The van der Waals surface area contributed by atoms with Gasteiger partial charge in [-0.15, -0.1) is 22.7 Å². The zero-order valence-corrected chi connectivity index (χ0v) is 14.4. The maximum atomic E-state index is 12.8. The Morgan fingerprint density at radius 1 is 1.33 bits per heavy atom. The molecule has 0 amide bonds. The smallest absolute Gasteiger partial charge is 0.263 e. The zero-order valence-electron chi connectivity index (χ0n) is 12.0. The molecule has 0 atom stereocenters. The van der Waals surface area contributed by atoms with E-state index < -0.39 is 0 Å². The molecule has 6 heteroatoms. The van der Waals surface area contributed by atoms with Gasteiger partial charge in [-0.3, -0.25) is 9.36 Å². The summed E-state index contributed by atoms with van der Waals surface area (Å²) in [6, 6.07) is 4.07. The molecule has 0 aliphatic carbocycles. The van der Waals surface area contributed by atoms with Crippen LogP contribution in [0.3, 0.4) is 0 Å². The molecule has 0 saturated heterocycles.